The smallest absolute Gasteiger partial charge is 0.164 e. The zero-order valence-electron chi connectivity index (χ0n) is 15.7. The molecule has 4 aliphatic heterocycles. The van der Waals surface area contributed by atoms with Crippen molar-refractivity contribution in [3.05, 3.63) is 47.1 Å². The number of methoxy groups -OCH3 is 1. The van der Waals surface area contributed by atoms with Crippen LogP contribution >= 0.6 is 0 Å². The molecule has 1 aromatic carbocycles. The second-order valence-electron chi connectivity index (χ2n) is 7.26. The minimum atomic E-state index is -0.287. The molecule has 0 aliphatic carbocycles. The Morgan fingerprint density at radius 1 is 1.04 bits per heavy atom. The van der Waals surface area contributed by atoms with E-state index in [1.165, 1.54) is 11.1 Å². The fraction of sp³-hybridized carbons (Fsp3) is 0.455. The Kier molecular flexibility index (Phi) is 5.22. The van der Waals surface area contributed by atoms with Crippen LogP contribution in [0.25, 0.3) is 6.08 Å². The van der Waals surface area contributed by atoms with Crippen molar-refractivity contribution >= 4 is 6.08 Å². The third-order valence-electron chi connectivity index (χ3n) is 4.87. The van der Waals surface area contributed by atoms with E-state index in [4.69, 9.17) is 14.2 Å². The summed E-state index contributed by atoms with van der Waals surface area (Å²) < 4.78 is 17.8. The van der Waals surface area contributed by atoms with E-state index in [0.29, 0.717) is 12.4 Å². The molecule has 3 heteroatoms. The standard InChI is InChI=1S/C22H28O3/c1-16-7-5-8-17(2)15-24-21-13-18-10-12-22(3,11-6-9-16)25-19(18)14-20(21)23-4/h8-10,12-14H,5-7,11,15H2,1-4H3/b16-9+,17-8-/t22-/m1/s1. The lowest BCUT2D eigenvalue weighted by Crippen LogP contribution is -2.31. The van der Waals surface area contributed by atoms with Crippen LogP contribution in [0.2, 0.25) is 0 Å². The van der Waals surface area contributed by atoms with Crippen molar-refractivity contribution in [3.63, 3.8) is 0 Å². The van der Waals surface area contributed by atoms with Gasteiger partial charge in [0.05, 0.1) is 7.11 Å². The van der Waals surface area contributed by atoms with Crippen molar-refractivity contribution in [1.82, 2.24) is 0 Å². The van der Waals surface area contributed by atoms with E-state index in [-0.39, 0.29) is 5.60 Å². The molecule has 0 N–H and O–H groups in total. The monoisotopic (exact) mass is 340 g/mol. The Morgan fingerprint density at radius 3 is 2.64 bits per heavy atom. The van der Waals surface area contributed by atoms with Gasteiger partial charge in [-0.15, -0.1) is 0 Å². The second kappa shape index (κ2) is 7.38. The summed E-state index contributed by atoms with van der Waals surface area (Å²) in [7, 11) is 1.67. The number of hydrogen-bond donors (Lipinski definition) is 0. The summed E-state index contributed by atoms with van der Waals surface area (Å²) in [6.07, 6.45) is 13.0. The van der Waals surface area contributed by atoms with Crippen molar-refractivity contribution in [2.45, 2.75) is 52.1 Å². The first-order valence-electron chi connectivity index (χ1n) is 9.03. The number of fused-ring (bicyclic) bond motifs is 1. The molecule has 4 aliphatic rings. The SMILES string of the molecule is COc1cc2c3cc1OC/C(C)=C\CC/C(C)=C/CC[C@](C)(C=C3)O2. The summed E-state index contributed by atoms with van der Waals surface area (Å²) in [5, 5.41) is 0. The third-order valence-corrected chi connectivity index (χ3v) is 4.87. The third kappa shape index (κ3) is 4.28. The quantitative estimate of drug-likeness (QED) is 0.613. The summed E-state index contributed by atoms with van der Waals surface area (Å²) in [4.78, 5) is 0. The van der Waals surface area contributed by atoms with Gasteiger partial charge in [0.2, 0.25) is 0 Å². The highest BCUT2D eigenvalue weighted by molar-refractivity contribution is 5.66. The van der Waals surface area contributed by atoms with Gasteiger partial charge in [0.1, 0.15) is 18.0 Å². The van der Waals surface area contributed by atoms with Gasteiger partial charge in [0, 0.05) is 11.6 Å². The van der Waals surface area contributed by atoms with Crippen molar-refractivity contribution in [3.8, 4) is 17.2 Å². The summed E-state index contributed by atoms with van der Waals surface area (Å²) in [6.45, 7) is 7.03. The Morgan fingerprint density at radius 2 is 1.84 bits per heavy atom. The molecule has 0 amide bonds. The Hall–Kier alpha value is -2.16. The number of allylic oxidation sites excluding steroid dienone is 3. The zero-order valence-corrected chi connectivity index (χ0v) is 15.7. The van der Waals surface area contributed by atoms with Crippen molar-refractivity contribution in [1.29, 1.82) is 0 Å². The number of hydrogen-bond acceptors (Lipinski definition) is 3. The largest absolute Gasteiger partial charge is 0.493 e. The van der Waals surface area contributed by atoms with Crippen molar-refractivity contribution in [2.75, 3.05) is 13.7 Å². The molecule has 0 radical (unpaired) electrons. The molecular weight excluding hydrogens is 312 g/mol. The summed E-state index contributed by atoms with van der Waals surface area (Å²) >= 11 is 0. The van der Waals surface area contributed by atoms with E-state index in [9.17, 15) is 0 Å². The maximum atomic E-state index is 6.31. The van der Waals surface area contributed by atoms with Crippen LogP contribution < -0.4 is 14.2 Å². The summed E-state index contributed by atoms with van der Waals surface area (Å²) in [6, 6.07) is 3.95. The lowest BCUT2D eigenvalue weighted by atomic mass is 9.94. The van der Waals surface area contributed by atoms with Crippen LogP contribution in [-0.2, 0) is 0 Å². The molecule has 1 atom stereocenters. The van der Waals surface area contributed by atoms with E-state index in [1.54, 1.807) is 7.11 Å². The maximum Gasteiger partial charge on any atom is 0.164 e. The highest BCUT2D eigenvalue weighted by Gasteiger charge is 2.28. The first-order chi connectivity index (χ1) is 12.0. The molecular formula is C22H28O3. The highest BCUT2D eigenvalue weighted by Crippen LogP contribution is 2.41. The van der Waals surface area contributed by atoms with E-state index in [2.05, 4.69) is 45.1 Å². The maximum absolute atomic E-state index is 6.31. The van der Waals surface area contributed by atoms with E-state index >= 15 is 0 Å². The van der Waals surface area contributed by atoms with E-state index in [0.717, 1.165) is 42.7 Å². The Bertz CT molecular complexity index is 727. The van der Waals surface area contributed by atoms with E-state index in [1.807, 2.05) is 12.1 Å². The van der Waals surface area contributed by atoms with Gasteiger partial charge in [0.25, 0.3) is 0 Å². The van der Waals surface area contributed by atoms with Gasteiger partial charge in [-0.05, 0) is 64.2 Å². The van der Waals surface area contributed by atoms with Crippen LogP contribution in [0.3, 0.4) is 0 Å². The van der Waals surface area contributed by atoms with E-state index < -0.39 is 0 Å². The molecule has 4 heterocycles. The molecule has 0 aromatic heterocycles. The molecule has 0 spiro atoms. The van der Waals surface area contributed by atoms with Gasteiger partial charge in [-0.2, -0.15) is 0 Å². The van der Waals surface area contributed by atoms with Crippen LogP contribution in [0, 0.1) is 0 Å². The van der Waals surface area contributed by atoms with Gasteiger partial charge in [0.15, 0.2) is 11.5 Å². The molecule has 0 saturated heterocycles. The predicted octanol–water partition coefficient (Wildman–Crippen LogP) is 5.70. The Balaban J connectivity index is 1.96. The van der Waals surface area contributed by atoms with Gasteiger partial charge in [-0.3, -0.25) is 0 Å². The molecule has 3 nitrogen and oxygen atoms in total. The van der Waals surface area contributed by atoms with Crippen LogP contribution in [0.1, 0.15) is 52.0 Å². The first kappa shape index (κ1) is 17.7. The number of ether oxygens (including phenoxy) is 3. The highest BCUT2D eigenvalue weighted by atomic mass is 16.5. The second-order valence-corrected chi connectivity index (χ2v) is 7.26. The molecule has 1 aromatic rings. The lowest BCUT2D eigenvalue weighted by Gasteiger charge is -2.32. The number of benzene rings is 1. The molecule has 25 heavy (non-hydrogen) atoms. The summed E-state index contributed by atoms with van der Waals surface area (Å²) in [5.74, 6) is 2.33. The van der Waals surface area contributed by atoms with Gasteiger partial charge in [-0.1, -0.05) is 23.8 Å². The fourth-order valence-electron chi connectivity index (χ4n) is 3.24. The molecule has 0 saturated carbocycles. The normalized spacial score (nSPS) is 27.7. The van der Waals surface area contributed by atoms with Crippen LogP contribution in [0.5, 0.6) is 17.2 Å². The van der Waals surface area contributed by atoms with Gasteiger partial charge >= 0.3 is 0 Å². The van der Waals surface area contributed by atoms with Crippen LogP contribution in [-0.4, -0.2) is 19.3 Å². The van der Waals surface area contributed by atoms with Crippen LogP contribution in [0.4, 0.5) is 0 Å². The average Bonchev–Trinajstić information content (AvgIpc) is 2.58. The summed E-state index contributed by atoms with van der Waals surface area (Å²) in [5.41, 5.74) is 3.42. The van der Waals surface area contributed by atoms with Gasteiger partial charge < -0.3 is 14.2 Å². The molecule has 0 unspecified atom stereocenters. The molecule has 134 valence electrons. The van der Waals surface area contributed by atoms with Gasteiger partial charge in [-0.25, -0.2) is 0 Å². The molecule has 5 rings (SSSR count). The predicted molar refractivity (Wildman–Crippen MR) is 103 cm³/mol. The lowest BCUT2D eigenvalue weighted by molar-refractivity contribution is 0.128. The first-order valence-corrected chi connectivity index (χ1v) is 9.03. The van der Waals surface area contributed by atoms with Crippen molar-refractivity contribution in [2.24, 2.45) is 0 Å². The Labute approximate surface area is 151 Å². The minimum absolute atomic E-state index is 0.287. The van der Waals surface area contributed by atoms with Crippen molar-refractivity contribution < 1.29 is 14.2 Å². The molecule has 0 fully saturated rings. The fourth-order valence-corrected chi connectivity index (χ4v) is 3.24. The molecule has 4 bridgehead atoms. The van der Waals surface area contributed by atoms with Crippen LogP contribution in [0.15, 0.2) is 41.5 Å². The zero-order chi connectivity index (χ0) is 17.9. The topological polar surface area (TPSA) is 27.7 Å². The average molecular weight is 340 g/mol. The number of rotatable bonds is 1. The minimum Gasteiger partial charge on any atom is -0.493 e.